The molecule has 0 saturated carbocycles. The Balaban J connectivity index is 2.71. The standard InChI is InChI=1S/C12H16F4N2/c1-17-8-9-3-4-11(10(13)7-9)18(2)6-5-12(14,15)16/h3-4,7,17H,5-6,8H2,1-2H3. The number of alkyl halides is 3. The molecule has 1 rings (SSSR count). The maximum absolute atomic E-state index is 13.7. The van der Waals surface area contributed by atoms with Gasteiger partial charge in [-0.25, -0.2) is 4.39 Å². The van der Waals surface area contributed by atoms with E-state index in [0.717, 1.165) is 5.56 Å². The van der Waals surface area contributed by atoms with E-state index in [9.17, 15) is 17.6 Å². The van der Waals surface area contributed by atoms with E-state index < -0.39 is 18.4 Å². The van der Waals surface area contributed by atoms with E-state index >= 15 is 0 Å². The molecule has 0 fully saturated rings. The average molecular weight is 264 g/mol. The Morgan fingerprint density at radius 2 is 1.94 bits per heavy atom. The monoisotopic (exact) mass is 264 g/mol. The molecule has 0 saturated heterocycles. The van der Waals surface area contributed by atoms with Gasteiger partial charge in [-0.05, 0) is 24.7 Å². The van der Waals surface area contributed by atoms with Crippen molar-refractivity contribution >= 4 is 5.69 Å². The number of halogens is 4. The zero-order valence-electron chi connectivity index (χ0n) is 10.3. The molecule has 0 aliphatic carbocycles. The normalized spacial score (nSPS) is 11.7. The topological polar surface area (TPSA) is 15.3 Å². The minimum absolute atomic E-state index is 0.180. The number of hydrogen-bond acceptors (Lipinski definition) is 2. The quantitative estimate of drug-likeness (QED) is 0.823. The van der Waals surface area contributed by atoms with Gasteiger partial charge in [0.2, 0.25) is 0 Å². The lowest BCUT2D eigenvalue weighted by molar-refractivity contribution is -0.132. The Labute approximate surface area is 104 Å². The van der Waals surface area contributed by atoms with Crippen LogP contribution in [0.4, 0.5) is 23.2 Å². The third-order valence-corrected chi connectivity index (χ3v) is 2.53. The van der Waals surface area contributed by atoms with Gasteiger partial charge in [0.1, 0.15) is 5.82 Å². The number of benzene rings is 1. The first-order valence-corrected chi connectivity index (χ1v) is 5.54. The van der Waals surface area contributed by atoms with Gasteiger partial charge < -0.3 is 10.2 Å². The number of nitrogens with one attached hydrogen (secondary N) is 1. The first-order chi connectivity index (χ1) is 8.33. The van der Waals surface area contributed by atoms with Crippen LogP contribution in [0, 0.1) is 5.82 Å². The van der Waals surface area contributed by atoms with Crippen LogP contribution in [0.5, 0.6) is 0 Å². The van der Waals surface area contributed by atoms with E-state index in [2.05, 4.69) is 5.32 Å². The van der Waals surface area contributed by atoms with Crippen molar-refractivity contribution in [3.63, 3.8) is 0 Å². The molecule has 0 atom stereocenters. The largest absolute Gasteiger partial charge is 0.390 e. The SMILES string of the molecule is CNCc1ccc(N(C)CCC(F)(F)F)c(F)c1. The maximum Gasteiger partial charge on any atom is 0.390 e. The van der Waals surface area contributed by atoms with Crippen LogP contribution in [0.1, 0.15) is 12.0 Å². The smallest absolute Gasteiger partial charge is 0.372 e. The van der Waals surface area contributed by atoms with E-state index in [4.69, 9.17) is 0 Å². The third-order valence-electron chi connectivity index (χ3n) is 2.53. The van der Waals surface area contributed by atoms with Gasteiger partial charge in [-0.15, -0.1) is 0 Å². The van der Waals surface area contributed by atoms with E-state index in [1.807, 2.05) is 0 Å². The van der Waals surface area contributed by atoms with Crippen molar-refractivity contribution in [3.8, 4) is 0 Å². The molecule has 0 heterocycles. The van der Waals surface area contributed by atoms with Crippen molar-refractivity contribution in [1.29, 1.82) is 0 Å². The lowest BCUT2D eigenvalue weighted by Gasteiger charge is -2.21. The van der Waals surface area contributed by atoms with Crippen molar-refractivity contribution in [3.05, 3.63) is 29.6 Å². The highest BCUT2D eigenvalue weighted by atomic mass is 19.4. The summed E-state index contributed by atoms with van der Waals surface area (Å²) in [6.07, 6.45) is -5.18. The summed E-state index contributed by atoms with van der Waals surface area (Å²) >= 11 is 0. The van der Waals surface area contributed by atoms with Gasteiger partial charge in [0.25, 0.3) is 0 Å². The van der Waals surface area contributed by atoms with E-state index in [1.54, 1.807) is 13.1 Å². The summed E-state index contributed by atoms with van der Waals surface area (Å²) in [4.78, 5) is 1.27. The lowest BCUT2D eigenvalue weighted by atomic mass is 10.2. The number of anilines is 1. The predicted octanol–water partition coefficient (Wildman–Crippen LogP) is 2.93. The van der Waals surface area contributed by atoms with Crippen LogP contribution in [0.25, 0.3) is 0 Å². The summed E-state index contributed by atoms with van der Waals surface area (Å²) in [5.41, 5.74) is 0.932. The molecule has 0 radical (unpaired) electrons. The summed E-state index contributed by atoms with van der Waals surface area (Å²) in [6.45, 7) is 0.259. The highest BCUT2D eigenvalue weighted by Crippen LogP contribution is 2.23. The van der Waals surface area contributed by atoms with Crippen molar-refractivity contribution in [2.24, 2.45) is 0 Å². The van der Waals surface area contributed by atoms with Crippen molar-refractivity contribution in [1.82, 2.24) is 5.32 Å². The van der Waals surface area contributed by atoms with Gasteiger partial charge in [0, 0.05) is 20.1 Å². The van der Waals surface area contributed by atoms with Gasteiger partial charge in [0.15, 0.2) is 0 Å². The molecule has 0 aliphatic rings. The molecule has 1 aromatic carbocycles. The fourth-order valence-corrected chi connectivity index (χ4v) is 1.59. The number of hydrogen-bond donors (Lipinski definition) is 1. The molecule has 1 N–H and O–H groups in total. The van der Waals surface area contributed by atoms with Crippen molar-refractivity contribution in [2.75, 3.05) is 25.5 Å². The zero-order chi connectivity index (χ0) is 13.8. The van der Waals surface area contributed by atoms with Crippen LogP contribution in [0.15, 0.2) is 18.2 Å². The first kappa shape index (κ1) is 14.8. The molecule has 102 valence electrons. The molecular weight excluding hydrogens is 248 g/mol. The van der Waals surface area contributed by atoms with Gasteiger partial charge >= 0.3 is 6.18 Å². The molecular formula is C12H16F4N2. The average Bonchev–Trinajstić information content (AvgIpc) is 2.25. The molecule has 0 bridgehead atoms. The molecule has 1 aromatic rings. The maximum atomic E-state index is 13.7. The summed E-state index contributed by atoms with van der Waals surface area (Å²) in [5, 5.41) is 2.88. The van der Waals surface area contributed by atoms with Crippen molar-refractivity contribution < 1.29 is 17.6 Å². The lowest BCUT2D eigenvalue weighted by Crippen LogP contribution is -2.24. The highest BCUT2D eigenvalue weighted by Gasteiger charge is 2.27. The highest BCUT2D eigenvalue weighted by molar-refractivity contribution is 5.48. The van der Waals surface area contributed by atoms with Gasteiger partial charge in [-0.1, -0.05) is 6.07 Å². The van der Waals surface area contributed by atoms with Gasteiger partial charge in [-0.3, -0.25) is 0 Å². The summed E-state index contributed by atoms with van der Waals surface area (Å²) in [6, 6.07) is 4.52. The fraction of sp³-hybridized carbons (Fsp3) is 0.500. The Morgan fingerprint density at radius 3 is 2.44 bits per heavy atom. The van der Waals surface area contributed by atoms with Gasteiger partial charge in [0.05, 0.1) is 12.1 Å². The van der Waals surface area contributed by atoms with Crippen LogP contribution in [-0.4, -0.2) is 26.8 Å². The predicted molar refractivity (Wildman–Crippen MR) is 63.1 cm³/mol. The molecule has 0 unspecified atom stereocenters. The molecule has 6 heteroatoms. The molecule has 0 amide bonds. The summed E-state index contributed by atoms with van der Waals surface area (Å²) in [5.74, 6) is -0.507. The van der Waals surface area contributed by atoms with Crippen LogP contribution >= 0.6 is 0 Å². The molecule has 2 nitrogen and oxygen atoms in total. The van der Waals surface area contributed by atoms with E-state index in [-0.39, 0.29) is 12.2 Å². The molecule has 0 aliphatic heterocycles. The summed E-state index contributed by atoms with van der Waals surface area (Å²) < 4.78 is 49.9. The zero-order valence-corrected chi connectivity index (χ0v) is 10.3. The van der Waals surface area contributed by atoms with Crippen LogP contribution in [0.2, 0.25) is 0 Å². The second-order valence-corrected chi connectivity index (χ2v) is 4.10. The van der Waals surface area contributed by atoms with E-state index in [0.29, 0.717) is 6.54 Å². The molecule has 0 aromatic heterocycles. The molecule has 0 spiro atoms. The third kappa shape index (κ3) is 4.52. The Hall–Kier alpha value is -1.30. The van der Waals surface area contributed by atoms with Crippen LogP contribution in [0.3, 0.4) is 0 Å². The minimum atomic E-state index is -4.23. The Bertz CT molecular complexity index is 390. The Kier molecular flexibility index (Phi) is 4.95. The Morgan fingerprint density at radius 1 is 1.28 bits per heavy atom. The second-order valence-electron chi connectivity index (χ2n) is 4.10. The van der Waals surface area contributed by atoms with Gasteiger partial charge in [-0.2, -0.15) is 13.2 Å². The summed E-state index contributed by atoms with van der Waals surface area (Å²) in [7, 11) is 3.18. The minimum Gasteiger partial charge on any atom is -0.372 e. The number of rotatable bonds is 5. The van der Waals surface area contributed by atoms with E-state index in [1.165, 1.54) is 24.1 Å². The van der Waals surface area contributed by atoms with Crippen LogP contribution < -0.4 is 10.2 Å². The van der Waals surface area contributed by atoms with Crippen molar-refractivity contribution in [2.45, 2.75) is 19.1 Å². The molecule has 18 heavy (non-hydrogen) atoms. The second kappa shape index (κ2) is 6.04. The van der Waals surface area contributed by atoms with Crippen LogP contribution in [-0.2, 0) is 6.54 Å². The number of nitrogens with zero attached hydrogens (tertiary/aromatic N) is 1. The fourth-order valence-electron chi connectivity index (χ4n) is 1.59. The first-order valence-electron chi connectivity index (χ1n) is 5.54.